The summed E-state index contributed by atoms with van der Waals surface area (Å²) >= 11 is 0. The number of carbonyl (C=O) groups excluding carboxylic acids is 2. The Balaban J connectivity index is 1.79. The highest BCUT2D eigenvalue weighted by Gasteiger charge is 2.24. The molecule has 0 saturated carbocycles. The molecule has 2 aromatic rings. The van der Waals surface area contributed by atoms with Crippen LogP contribution in [0.1, 0.15) is 71.9 Å². The maximum Gasteiger partial charge on any atom is 0.410 e. The molecule has 0 aliphatic heterocycles. The molecule has 36 heavy (non-hydrogen) atoms. The van der Waals surface area contributed by atoms with Crippen molar-refractivity contribution in [2.24, 2.45) is 0 Å². The molecule has 6 nitrogen and oxygen atoms in total. The van der Waals surface area contributed by atoms with Crippen molar-refractivity contribution in [2.75, 3.05) is 19.7 Å². The van der Waals surface area contributed by atoms with Crippen LogP contribution in [0.4, 0.5) is 4.79 Å². The highest BCUT2D eigenvalue weighted by molar-refractivity contribution is 5.72. The van der Waals surface area contributed by atoms with Crippen molar-refractivity contribution < 1.29 is 23.8 Å². The van der Waals surface area contributed by atoms with E-state index in [2.05, 4.69) is 36.4 Å². The molecule has 2 aromatic carbocycles. The van der Waals surface area contributed by atoms with E-state index in [9.17, 15) is 9.59 Å². The van der Waals surface area contributed by atoms with Crippen LogP contribution in [0.5, 0.6) is 5.75 Å². The SMILES string of the molecule is CC(C)(C)OC(=O)CCN(CCCc1ccc(OCCCc2ccccc2)cc1)C(=O)OC(C)(C)C. The molecular formula is C30H43NO5. The number of aryl methyl sites for hydroxylation is 2. The van der Waals surface area contributed by atoms with Crippen LogP contribution < -0.4 is 4.74 Å². The second-order valence-electron chi connectivity index (χ2n) is 11.0. The van der Waals surface area contributed by atoms with E-state index in [1.165, 1.54) is 11.1 Å². The molecule has 2 rings (SSSR count). The minimum absolute atomic E-state index is 0.132. The molecule has 0 bridgehead atoms. The molecule has 198 valence electrons. The number of esters is 1. The second kappa shape index (κ2) is 13.9. The number of ether oxygens (including phenoxy) is 3. The largest absolute Gasteiger partial charge is 0.494 e. The summed E-state index contributed by atoms with van der Waals surface area (Å²) in [4.78, 5) is 26.4. The number of amides is 1. The van der Waals surface area contributed by atoms with Crippen molar-refractivity contribution in [1.29, 1.82) is 0 Å². The van der Waals surface area contributed by atoms with Crippen molar-refractivity contribution >= 4 is 12.1 Å². The Morgan fingerprint density at radius 2 is 1.31 bits per heavy atom. The minimum atomic E-state index is -0.599. The summed E-state index contributed by atoms with van der Waals surface area (Å²) in [5.74, 6) is 0.537. The maximum absolute atomic E-state index is 12.7. The molecule has 0 N–H and O–H groups in total. The summed E-state index contributed by atoms with van der Waals surface area (Å²) < 4.78 is 16.8. The number of rotatable bonds is 12. The van der Waals surface area contributed by atoms with Gasteiger partial charge in [-0.2, -0.15) is 0 Å². The first-order valence-electron chi connectivity index (χ1n) is 12.9. The van der Waals surface area contributed by atoms with Crippen molar-refractivity contribution in [3.8, 4) is 5.75 Å². The van der Waals surface area contributed by atoms with Gasteiger partial charge < -0.3 is 19.1 Å². The van der Waals surface area contributed by atoms with E-state index >= 15 is 0 Å². The third-order valence-electron chi connectivity index (χ3n) is 5.20. The number of carbonyl (C=O) groups is 2. The van der Waals surface area contributed by atoms with Gasteiger partial charge in [-0.15, -0.1) is 0 Å². The van der Waals surface area contributed by atoms with Crippen LogP contribution >= 0.6 is 0 Å². The molecule has 0 saturated heterocycles. The summed E-state index contributed by atoms with van der Waals surface area (Å²) in [5.41, 5.74) is 1.34. The van der Waals surface area contributed by atoms with Gasteiger partial charge in [-0.25, -0.2) is 4.79 Å². The van der Waals surface area contributed by atoms with Crippen molar-refractivity contribution in [3.63, 3.8) is 0 Å². The Morgan fingerprint density at radius 3 is 1.92 bits per heavy atom. The Labute approximate surface area is 216 Å². The zero-order valence-corrected chi connectivity index (χ0v) is 22.8. The van der Waals surface area contributed by atoms with Gasteiger partial charge in [0.1, 0.15) is 17.0 Å². The van der Waals surface area contributed by atoms with Gasteiger partial charge >= 0.3 is 12.1 Å². The molecule has 6 heteroatoms. The van der Waals surface area contributed by atoms with Crippen LogP contribution in [-0.2, 0) is 27.1 Å². The molecule has 0 radical (unpaired) electrons. The van der Waals surface area contributed by atoms with Crippen LogP contribution in [0.3, 0.4) is 0 Å². The first-order valence-corrected chi connectivity index (χ1v) is 12.9. The van der Waals surface area contributed by atoms with E-state index < -0.39 is 17.3 Å². The van der Waals surface area contributed by atoms with Crippen LogP contribution in [0.25, 0.3) is 0 Å². The summed E-state index contributed by atoms with van der Waals surface area (Å²) in [6.45, 7) is 12.4. The standard InChI is InChI=1S/C30H43NO5/c1-29(2,3)35-27(32)20-22-31(28(33)36-30(4,5)6)21-10-14-25-16-18-26(19-17-25)34-23-11-15-24-12-8-7-9-13-24/h7-9,12-13,16-19H,10-11,14-15,20-23H2,1-6H3. The topological polar surface area (TPSA) is 65.1 Å². The fourth-order valence-corrected chi connectivity index (χ4v) is 3.58. The first kappa shape index (κ1) is 29.2. The average Bonchev–Trinajstić information content (AvgIpc) is 2.78. The third kappa shape index (κ3) is 12.6. The number of hydrogen-bond donors (Lipinski definition) is 0. The quantitative estimate of drug-likeness (QED) is 0.244. The molecule has 0 aliphatic rings. The van der Waals surface area contributed by atoms with Gasteiger partial charge in [-0.3, -0.25) is 4.79 Å². The normalized spacial score (nSPS) is 11.6. The molecule has 0 fully saturated rings. The monoisotopic (exact) mass is 497 g/mol. The smallest absolute Gasteiger partial charge is 0.410 e. The van der Waals surface area contributed by atoms with Crippen LogP contribution in [0.15, 0.2) is 54.6 Å². The lowest BCUT2D eigenvalue weighted by atomic mass is 10.1. The third-order valence-corrected chi connectivity index (χ3v) is 5.20. The second-order valence-corrected chi connectivity index (χ2v) is 11.0. The van der Waals surface area contributed by atoms with Gasteiger partial charge in [-0.05, 0) is 90.5 Å². The lowest BCUT2D eigenvalue weighted by molar-refractivity contribution is -0.155. The van der Waals surface area contributed by atoms with Crippen LogP contribution in [0.2, 0.25) is 0 Å². The van der Waals surface area contributed by atoms with E-state index in [4.69, 9.17) is 14.2 Å². The van der Waals surface area contributed by atoms with Crippen LogP contribution in [0, 0.1) is 0 Å². The fourth-order valence-electron chi connectivity index (χ4n) is 3.58. The van der Waals surface area contributed by atoms with Gasteiger partial charge in [-0.1, -0.05) is 42.5 Å². The van der Waals surface area contributed by atoms with Crippen molar-refractivity contribution in [3.05, 3.63) is 65.7 Å². The van der Waals surface area contributed by atoms with E-state index in [1.807, 2.05) is 59.7 Å². The molecule has 0 aliphatic carbocycles. The zero-order chi connectivity index (χ0) is 26.6. The fraction of sp³-hybridized carbons (Fsp3) is 0.533. The lowest BCUT2D eigenvalue weighted by Crippen LogP contribution is -2.39. The van der Waals surface area contributed by atoms with Gasteiger partial charge in [0.2, 0.25) is 0 Å². The molecule has 0 atom stereocenters. The van der Waals surface area contributed by atoms with Crippen molar-refractivity contribution in [1.82, 2.24) is 4.90 Å². The number of nitrogens with zero attached hydrogens (tertiary/aromatic N) is 1. The maximum atomic E-state index is 12.7. The predicted octanol–water partition coefficient (Wildman–Crippen LogP) is 6.60. The van der Waals surface area contributed by atoms with Gasteiger partial charge in [0.05, 0.1) is 13.0 Å². The lowest BCUT2D eigenvalue weighted by Gasteiger charge is -2.28. The minimum Gasteiger partial charge on any atom is -0.494 e. The highest BCUT2D eigenvalue weighted by atomic mass is 16.6. The Hall–Kier alpha value is -3.02. The first-order chi connectivity index (χ1) is 16.9. The van der Waals surface area contributed by atoms with Gasteiger partial charge in [0, 0.05) is 13.1 Å². The Morgan fingerprint density at radius 1 is 0.722 bits per heavy atom. The summed E-state index contributed by atoms with van der Waals surface area (Å²) in [5, 5.41) is 0. The molecule has 1 amide bonds. The van der Waals surface area contributed by atoms with E-state index in [0.29, 0.717) is 13.2 Å². The summed E-state index contributed by atoms with van der Waals surface area (Å²) in [6.07, 6.45) is 3.25. The number of benzene rings is 2. The Bertz CT molecular complexity index is 927. The van der Waals surface area contributed by atoms with Gasteiger partial charge in [0.25, 0.3) is 0 Å². The molecule has 0 heterocycles. The summed E-state index contributed by atoms with van der Waals surface area (Å²) in [7, 11) is 0. The number of hydrogen-bond acceptors (Lipinski definition) is 5. The molecular weight excluding hydrogens is 454 g/mol. The highest BCUT2D eigenvalue weighted by Crippen LogP contribution is 2.16. The van der Waals surface area contributed by atoms with Crippen molar-refractivity contribution in [2.45, 2.75) is 84.8 Å². The van der Waals surface area contributed by atoms with Gasteiger partial charge in [0.15, 0.2) is 0 Å². The Kier molecular flexibility index (Phi) is 11.3. The van der Waals surface area contributed by atoms with E-state index in [0.717, 1.165) is 31.4 Å². The summed E-state index contributed by atoms with van der Waals surface area (Å²) in [6, 6.07) is 18.5. The van der Waals surface area contributed by atoms with Crippen LogP contribution in [-0.4, -0.2) is 47.9 Å². The zero-order valence-electron chi connectivity index (χ0n) is 22.8. The average molecular weight is 498 g/mol. The molecule has 0 unspecified atom stereocenters. The van der Waals surface area contributed by atoms with E-state index in [-0.39, 0.29) is 18.9 Å². The molecule has 0 spiro atoms. The molecule has 0 aromatic heterocycles. The predicted molar refractivity (Wildman–Crippen MR) is 143 cm³/mol. The van der Waals surface area contributed by atoms with E-state index in [1.54, 1.807) is 4.90 Å².